The maximum atomic E-state index is 11.9. The average molecular weight is 313 g/mol. The summed E-state index contributed by atoms with van der Waals surface area (Å²) in [5, 5.41) is 7.26. The molecule has 2 aromatic rings. The Bertz CT molecular complexity index is 696. The molecule has 0 saturated heterocycles. The second kappa shape index (κ2) is 8.13. The van der Waals surface area contributed by atoms with Gasteiger partial charge in [0.1, 0.15) is 0 Å². The smallest absolute Gasteiger partial charge is 0.326 e. The van der Waals surface area contributed by atoms with Gasteiger partial charge in [0.25, 0.3) is 0 Å². The summed E-state index contributed by atoms with van der Waals surface area (Å²) in [7, 11) is 0. The highest BCUT2D eigenvalue weighted by molar-refractivity contribution is 6.00. The second-order valence-corrected chi connectivity index (χ2v) is 4.19. The molecule has 2 rings (SSSR count). The lowest BCUT2D eigenvalue weighted by Crippen LogP contribution is -2.30. The number of aromatic nitrogens is 1. The van der Waals surface area contributed by atoms with Crippen molar-refractivity contribution in [2.45, 2.75) is 0 Å². The third-order valence-electron chi connectivity index (χ3n) is 2.56. The predicted molar refractivity (Wildman–Crippen MR) is 81.8 cm³/mol. The van der Waals surface area contributed by atoms with Crippen molar-refractivity contribution in [3.63, 3.8) is 0 Å². The molecule has 0 saturated carbocycles. The third-order valence-corrected chi connectivity index (χ3v) is 2.56. The first-order chi connectivity index (χ1) is 11.2. The van der Waals surface area contributed by atoms with Gasteiger partial charge in [0.15, 0.2) is 0 Å². The Labute approximate surface area is 131 Å². The van der Waals surface area contributed by atoms with Crippen LogP contribution in [0.2, 0.25) is 0 Å². The van der Waals surface area contributed by atoms with Crippen LogP contribution in [0, 0.1) is 0 Å². The van der Waals surface area contributed by atoms with Gasteiger partial charge in [0, 0.05) is 18.3 Å². The monoisotopic (exact) mass is 313 g/mol. The van der Waals surface area contributed by atoms with Gasteiger partial charge in [-0.1, -0.05) is 6.07 Å². The van der Waals surface area contributed by atoms with Crippen molar-refractivity contribution >= 4 is 29.8 Å². The fraction of sp³-hybridized carbons (Fsp3) is 0.0667. The number of nitrogens with zero attached hydrogens (tertiary/aromatic N) is 1. The van der Waals surface area contributed by atoms with E-state index in [0.29, 0.717) is 5.69 Å². The summed E-state index contributed by atoms with van der Waals surface area (Å²) in [5.74, 6) is -0.310. The van der Waals surface area contributed by atoms with Crippen LogP contribution in [0.15, 0.2) is 53.3 Å². The maximum absolute atomic E-state index is 11.9. The van der Waals surface area contributed by atoms with Crippen LogP contribution in [0.3, 0.4) is 0 Å². The molecule has 1 radical (unpaired) electrons. The number of carbonyl (C=O) groups is 2. The zero-order valence-electron chi connectivity index (χ0n) is 11.9. The van der Waals surface area contributed by atoms with Gasteiger partial charge in [0.2, 0.25) is 18.1 Å². The lowest BCUT2D eigenvalue weighted by Gasteiger charge is -2.09. The molecule has 0 aliphatic carbocycles. The van der Waals surface area contributed by atoms with Crippen LogP contribution >= 0.6 is 0 Å². The number of amides is 3. The molecule has 0 spiro atoms. The van der Waals surface area contributed by atoms with Gasteiger partial charge in [-0.25, -0.2) is 4.79 Å². The van der Waals surface area contributed by atoms with Crippen molar-refractivity contribution < 1.29 is 18.8 Å². The Balaban J connectivity index is 2.13. The number of hydrogen-bond donors (Lipinski definition) is 3. The van der Waals surface area contributed by atoms with E-state index in [9.17, 15) is 14.4 Å². The van der Waals surface area contributed by atoms with Crippen LogP contribution in [-0.2, 0) is 9.59 Å². The van der Waals surface area contributed by atoms with Gasteiger partial charge in [-0.15, -0.1) is 0 Å². The zero-order valence-corrected chi connectivity index (χ0v) is 11.9. The summed E-state index contributed by atoms with van der Waals surface area (Å²) in [4.78, 5) is 37.9. The summed E-state index contributed by atoms with van der Waals surface area (Å²) in [6.07, 6.45) is 5.60. The molecule has 3 N–H and O–H groups in total. The number of urea groups is 1. The van der Waals surface area contributed by atoms with E-state index < -0.39 is 11.9 Å². The van der Waals surface area contributed by atoms with Crippen LogP contribution in [-0.4, -0.2) is 29.8 Å². The van der Waals surface area contributed by atoms with E-state index in [1.165, 1.54) is 12.5 Å². The Kier molecular flexibility index (Phi) is 5.64. The highest BCUT2D eigenvalue weighted by Crippen LogP contribution is 2.10. The van der Waals surface area contributed by atoms with Crippen LogP contribution < -0.4 is 16.0 Å². The minimum Gasteiger partial charge on any atom is -0.449 e. The van der Waals surface area contributed by atoms with Gasteiger partial charge in [-0.3, -0.25) is 19.9 Å². The molecule has 3 amide bonds. The minimum absolute atomic E-state index is 0.165. The van der Waals surface area contributed by atoms with E-state index in [-0.39, 0.29) is 18.1 Å². The molecule has 2 aromatic heterocycles. The first kappa shape index (κ1) is 16.0. The first-order valence-corrected chi connectivity index (χ1v) is 6.56. The van der Waals surface area contributed by atoms with Crippen molar-refractivity contribution in [3.8, 4) is 0 Å². The number of furan rings is 1. The summed E-state index contributed by atoms with van der Waals surface area (Å²) in [6.45, 7) is -0.247. The van der Waals surface area contributed by atoms with E-state index in [1.54, 1.807) is 36.6 Å². The van der Waals surface area contributed by atoms with Crippen molar-refractivity contribution in [2.75, 3.05) is 11.9 Å². The largest absolute Gasteiger partial charge is 0.449 e. The van der Waals surface area contributed by atoms with Gasteiger partial charge in [-0.05, 0) is 18.2 Å². The topological polar surface area (TPSA) is 113 Å². The van der Waals surface area contributed by atoms with Gasteiger partial charge >= 0.3 is 6.03 Å². The van der Waals surface area contributed by atoms with E-state index >= 15 is 0 Å². The van der Waals surface area contributed by atoms with E-state index in [1.807, 2.05) is 0 Å². The molecule has 117 valence electrons. The Morgan fingerprint density at radius 1 is 1.26 bits per heavy atom. The Hall–Kier alpha value is -3.42. The van der Waals surface area contributed by atoms with Gasteiger partial charge in [0.05, 0.1) is 24.2 Å². The average Bonchev–Trinajstić information content (AvgIpc) is 3.06. The van der Waals surface area contributed by atoms with Crippen LogP contribution in [0.1, 0.15) is 5.69 Å². The van der Waals surface area contributed by atoms with Crippen LogP contribution in [0.25, 0.3) is 5.70 Å². The third kappa shape index (κ3) is 5.12. The summed E-state index contributed by atoms with van der Waals surface area (Å²) < 4.78 is 5.00. The normalized spacial score (nSPS) is 10.7. The SMILES string of the molecule is O=[C]CNC(=O)C=C(NC(=O)Nc1ccco1)c1ccccn1. The van der Waals surface area contributed by atoms with Crippen molar-refractivity contribution in [3.05, 3.63) is 54.6 Å². The minimum atomic E-state index is -0.605. The fourth-order valence-corrected chi connectivity index (χ4v) is 1.62. The molecule has 23 heavy (non-hydrogen) atoms. The molecule has 8 nitrogen and oxygen atoms in total. The number of anilines is 1. The lowest BCUT2D eigenvalue weighted by atomic mass is 10.2. The maximum Gasteiger partial charge on any atom is 0.326 e. The molecular formula is C15H13N4O4. The van der Waals surface area contributed by atoms with E-state index in [0.717, 1.165) is 6.08 Å². The molecule has 0 bridgehead atoms. The Morgan fingerprint density at radius 3 is 2.78 bits per heavy atom. The highest BCUT2D eigenvalue weighted by atomic mass is 16.3. The van der Waals surface area contributed by atoms with Crippen LogP contribution in [0.5, 0.6) is 0 Å². The summed E-state index contributed by atoms with van der Waals surface area (Å²) >= 11 is 0. The number of carbonyl (C=O) groups excluding carboxylic acids is 3. The number of rotatable bonds is 6. The molecule has 2 heterocycles. The standard InChI is InChI=1S/C15H13N4O4/c20-8-7-17-13(21)10-12(11-4-1-2-6-16-11)18-15(22)19-14-5-3-9-23-14/h1-6,9-10H,7H2,(H,17,21)(H2,18,19,22). The molecule has 0 aromatic carbocycles. The second-order valence-electron chi connectivity index (χ2n) is 4.19. The van der Waals surface area contributed by atoms with Crippen molar-refractivity contribution in [1.82, 2.24) is 15.6 Å². The quantitative estimate of drug-likeness (QED) is 0.690. The molecular weight excluding hydrogens is 300 g/mol. The number of pyridine rings is 1. The lowest BCUT2D eigenvalue weighted by molar-refractivity contribution is -0.116. The fourth-order valence-electron chi connectivity index (χ4n) is 1.62. The molecule has 0 unspecified atom stereocenters. The highest BCUT2D eigenvalue weighted by Gasteiger charge is 2.11. The molecule has 0 atom stereocenters. The van der Waals surface area contributed by atoms with E-state index in [4.69, 9.17) is 4.42 Å². The summed E-state index contributed by atoms with van der Waals surface area (Å²) in [5.41, 5.74) is 0.547. The van der Waals surface area contributed by atoms with Gasteiger partial charge < -0.3 is 15.1 Å². The summed E-state index contributed by atoms with van der Waals surface area (Å²) in [6, 6.07) is 7.61. The zero-order chi connectivity index (χ0) is 16.5. The molecule has 0 aliphatic rings. The molecule has 0 fully saturated rings. The first-order valence-electron chi connectivity index (χ1n) is 6.56. The molecule has 0 aliphatic heterocycles. The predicted octanol–water partition coefficient (Wildman–Crippen LogP) is 1.06. The number of hydrogen-bond acceptors (Lipinski definition) is 5. The molecule has 8 heteroatoms. The van der Waals surface area contributed by atoms with Crippen molar-refractivity contribution in [2.24, 2.45) is 0 Å². The van der Waals surface area contributed by atoms with Gasteiger partial charge in [-0.2, -0.15) is 0 Å². The van der Waals surface area contributed by atoms with Crippen molar-refractivity contribution in [1.29, 1.82) is 0 Å². The number of nitrogens with one attached hydrogen (secondary N) is 3. The van der Waals surface area contributed by atoms with Crippen LogP contribution in [0.4, 0.5) is 10.7 Å². The van der Waals surface area contributed by atoms with E-state index in [2.05, 4.69) is 20.9 Å². The Morgan fingerprint density at radius 2 is 2.13 bits per heavy atom.